The number of rotatable bonds is 3. The Morgan fingerprint density at radius 3 is 3.00 bits per heavy atom. The lowest BCUT2D eigenvalue weighted by Gasteiger charge is -2.12. The molecule has 1 N–H and O–H groups in total. The fourth-order valence-electron chi connectivity index (χ4n) is 1.88. The van der Waals surface area contributed by atoms with Crippen LogP contribution in [0.25, 0.3) is 0 Å². The van der Waals surface area contributed by atoms with Crippen LogP contribution in [0.5, 0.6) is 5.75 Å². The molecule has 1 aliphatic rings. The molecule has 3 nitrogen and oxygen atoms in total. The summed E-state index contributed by atoms with van der Waals surface area (Å²) in [7, 11) is 0. The van der Waals surface area contributed by atoms with E-state index in [1.54, 1.807) is 6.92 Å². The molecular formula is C12H14O3. The molecular weight excluding hydrogens is 192 g/mol. The number of carbonyl (C=O) groups is 1. The van der Waals surface area contributed by atoms with Crippen molar-refractivity contribution in [1.82, 2.24) is 0 Å². The van der Waals surface area contributed by atoms with Crippen molar-refractivity contribution in [3.8, 4) is 5.75 Å². The van der Waals surface area contributed by atoms with Crippen LogP contribution in [0.1, 0.15) is 18.9 Å². The van der Waals surface area contributed by atoms with Crippen molar-refractivity contribution in [1.29, 1.82) is 0 Å². The van der Waals surface area contributed by atoms with E-state index in [2.05, 4.69) is 0 Å². The zero-order chi connectivity index (χ0) is 10.8. The zero-order valence-electron chi connectivity index (χ0n) is 8.64. The molecule has 1 aliphatic heterocycles. The van der Waals surface area contributed by atoms with Crippen molar-refractivity contribution in [3.05, 3.63) is 29.8 Å². The first-order chi connectivity index (χ1) is 7.16. The van der Waals surface area contributed by atoms with Crippen molar-refractivity contribution < 1.29 is 14.6 Å². The Kier molecular flexibility index (Phi) is 2.62. The van der Waals surface area contributed by atoms with Crippen LogP contribution in [0.2, 0.25) is 0 Å². The van der Waals surface area contributed by atoms with Gasteiger partial charge in [-0.2, -0.15) is 0 Å². The van der Waals surface area contributed by atoms with Crippen LogP contribution in [0, 0.1) is 5.92 Å². The van der Waals surface area contributed by atoms with E-state index in [1.807, 2.05) is 24.3 Å². The number of benzene rings is 1. The van der Waals surface area contributed by atoms with Crippen LogP contribution in [-0.2, 0) is 11.2 Å². The largest absolute Gasteiger partial charge is 0.490 e. The smallest absolute Gasteiger partial charge is 0.306 e. The maximum atomic E-state index is 10.7. The van der Waals surface area contributed by atoms with Crippen molar-refractivity contribution in [2.75, 3.05) is 0 Å². The van der Waals surface area contributed by atoms with Crippen molar-refractivity contribution >= 4 is 5.97 Å². The minimum Gasteiger partial charge on any atom is -0.490 e. The quantitative estimate of drug-likeness (QED) is 0.823. The lowest BCUT2D eigenvalue weighted by atomic mass is 10.0. The summed E-state index contributed by atoms with van der Waals surface area (Å²) in [4.78, 5) is 10.7. The highest BCUT2D eigenvalue weighted by Crippen LogP contribution is 2.30. The molecule has 0 bridgehead atoms. The predicted octanol–water partition coefficient (Wildman–Crippen LogP) is 2.10. The van der Waals surface area contributed by atoms with Crippen molar-refractivity contribution in [3.63, 3.8) is 0 Å². The fraction of sp³-hybridized carbons (Fsp3) is 0.417. The SMILES string of the molecule is CC(CC1Cc2ccccc2O1)C(=O)O. The molecule has 3 heteroatoms. The van der Waals surface area contributed by atoms with E-state index in [0.29, 0.717) is 6.42 Å². The third-order valence-corrected chi connectivity index (χ3v) is 2.75. The van der Waals surface area contributed by atoms with Crippen molar-refractivity contribution in [2.24, 2.45) is 5.92 Å². The van der Waals surface area contributed by atoms with Crippen LogP contribution < -0.4 is 4.74 Å². The number of hydrogen-bond acceptors (Lipinski definition) is 2. The molecule has 2 unspecified atom stereocenters. The second-order valence-corrected chi connectivity index (χ2v) is 4.03. The number of aliphatic carboxylic acids is 1. The topological polar surface area (TPSA) is 46.5 Å². The van der Waals surface area contributed by atoms with Gasteiger partial charge in [0.15, 0.2) is 0 Å². The van der Waals surface area contributed by atoms with Gasteiger partial charge in [-0.05, 0) is 18.1 Å². The third kappa shape index (κ3) is 2.12. The first-order valence-corrected chi connectivity index (χ1v) is 5.14. The summed E-state index contributed by atoms with van der Waals surface area (Å²) in [6.07, 6.45) is 1.42. The molecule has 0 saturated carbocycles. The Hall–Kier alpha value is -1.51. The van der Waals surface area contributed by atoms with E-state index in [0.717, 1.165) is 12.2 Å². The highest BCUT2D eigenvalue weighted by molar-refractivity contribution is 5.69. The summed E-state index contributed by atoms with van der Waals surface area (Å²) in [5.74, 6) is -0.195. The summed E-state index contributed by atoms with van der Waals surface area (Å²) >= 11 is 0. The normalized spacial score (nSPS) is 20.5. The van der Waals surface area contributed by atoms with Gasteiger partial charge in [0.1, 0.15) is 11.9 Å². The second kappa shape index (κ2) is 3.93. The average molecular weight is 206 g/mol. The first-order valence-electron chi connectivity index (χ1n) is 5.14. The zero-order valence-corrected chi connectivity index (χ0v) is 8.64. The Morgan fingerprint density at radius 1 is 1.60 bits per heavy atom. The number of carboxylic acids is 1. The van der Waals surface area contributed by atoms with Gasteiger partial charge in [-0.3, -0.25) is 4.79 Å². The van der Waals surface area contributed by atoms with E-state index in [-0.39, 0.29) is 12.0 Å². The van der Waals surface area contributed by atoms with Gasteiger partial charge in [0.05, 0.1) is 5.92 Å². The number of hydrogen-bond donors (Lipinski definition) is 1. The highest BCUT2D eigenvalue weighted by Gasteiger charge is 2.26. The molecule has 80 valence electrons. The van der Waals surface area contributed by atoms with E-state index >= 15 is 0 Å². The molecule has 2 atom stereocenters. The Balaban J connectivity index is 1.99. The summed E-state index contributed by atoms with van der Waals surface area (Å²) in [6, 6.07) is 7.87. The lowest BCUT2D eigenvalue weighted by Crippen LogP contribution is -2.21. The summed E-state index contributed by atoms with van der Waals surface area (Å²) in [5, 5.41) is 8.80. The maximum absolute atomic E-state index is 10.7. The molecule has 15 heavy (non-hydrogen) atoms. The van der Waals surface area contributed by atoms with Gasteiger partial charge < -0.3 is 9.84 Å². The summed E-state index contributed by atoms with van der Waals surface area (Å²) in [6.45, 7) is 1.72. The molecule has 1 aromatic rings. The highest BCUT2D eigenvalue weighted by atomic mass is 16.5. The Bertz CT molecular complexity index is 348. The molecule has 0 amide bonds. The van der Waals surface area contributed by atoms with Crippen LogP contribution in [0.3, 0.4) is 0 Å². The average Bonchev–Trinajstić information content (AvgIpc) is 2.59. The number of ether oxygens (including phenoxy) is 1. The molecule has 0 aromatic heterocycles. The van der Waals surface area contributed by atoms with Gasteiger partial charge in [-0.15, -0.1) is 0 Å². The van der Waals surface area contributed by atoms with Gasteiger partial charge in [-0.25, -0.2) is 0 Å². The molecule has 2 rings (SSSR count). The summed E-state index contributed by atoms with van der Waals surface area (Å²) in [5.41, 5.74) is 1.18. The second-order valence-electron chi connectivity index (χ2n) is 4.03. The molecule has 1 heterocycles. The molecule has 0 radical (unpaired) electrons. The van der Waals surface area contributed by atoms with Gasteiger partial charge >= 0.3 is 5.97 Å². The minimum absolute atomic E-state index is 0.0218. The number of fused-ring (bicyclic) bond motifs is 1. The number of para-hydroxylation sites is 1. The van der Waals surface area contributed by atoms with E-state index in [4.69, 9.17) is 9.84 Å². The summed E-state index contributed by atoms with van der Waals surface area (Å²) < 4.78 is 5.66. The predicted molar refractivity (Wildman–Crippen MR) is 56.0 cm³/mol. The number of carboxylic acid groups (broad SMARTS) is 1. The van der Waals surface area contributed by atoms with Gasteiger partial charge in [-0.1, -0.05) is 25.1 Å². The lowest BCUT2D eigenvalue weighted by molar-refractivity contribution is -0.141. The van der Waals surface area contributed by atoms with E-state index < -0.39 is 5.97 Å². The Morgan fingerprint density at radius 2 is 2.33 bits per heavy atom. The third-order valence-electron chi connectivity index (χ3n) is 2.75. The van der Waals surface area contributed by atoms with Gasteiger partial charge in [0, 0.05) is 6.42 Å². The standard InChI is InChI=1S/C12H14O3/c1-8(12(13)14)6-10-7-9-4-2-3-5-11(9)15-10/h2-5,8,10H,6-7H2,1H3,(H,13,14). The Labute approximate surface area is 88.7 Å². The van der Waals surface area contributed by atoms with E-state index in [1.165, 1.54) is 5.56 Å². The van der Waals surface area contributed by atoms with Gasteiger partial charge in [0.2, 0.25) is 0 Å². The van der Waals surface area contributed by atoms with Crippen LogP contribution >= 0.6 is 0 Å². The van der Waals surface area contributed by atoms with E-state index in [9.17, 15) is 4.79 Å². The molecule has 0 saturated heterocycles. The fourth-order valence-corrected chi connectivity index (χ4v) is 1.88. The van der Waals surface area contributed by atoms with Crippen LogP contribution in [0.15, 0.2) is 24.3 Å². The van der Waals surface area contributed by atoms with Crippen LogP contribution in [-0.4, -0.2) is 17.2 Å². The molecule has 1 aromatic carbocycles. The monoisotopic (exact) mass is 206 g/mol. The molecule has 0 spiro atoms. The first kappa shape index (κ1) is 10.0. The van der Waals surface area contributed by atoms with Gasteiger partial charge in [0.25, 0.3) is 0 Å². The van der Waals surface area contributed by atoms with Crippen LogP contribution in [0.4, 0.5) is 0 Å². The van der Waals surface area contributed by atoms with Crippen molar-refractivity contribution in [2.45, 2.75) is 25.9 Å². The minimum atomic E-state index is -0.755. The molecule has 0 aliphatic carbocycles. The maximum Gasteiger partial charge on any atom is 0.306 e. The molecule has 0 fully saturated rings.